The lowest BCUT2D eigenvalue weighted by molar-refractivity contribution is 0.0689. The Hall–Kier alpha value is -2.60. The highest BCUT2D eigenvalue weighted by Crippen LogP contribution is 2.24. The van der Waals surface area contributed by atoms with Gasteiger partial charge in [0, 0.05) is 4.47 Å². The van der Waals surface area contributed by atoms with Gasteiger partial charge in [0.05, 0.1) is 19.3 Å². The first-order valence-corrected chi connectivity index (χ1v) is 8.06. The zero-order chi connectivity index (χ0) is 17.1. The van der Waals surface area contributed by atoms with E-state index in [9.17, 15) is 9.90 Å². The van der Waals surface area contributed by atoms with E-state index in [1.165, 1.54) is 0 Å². The van der Waals surface area contributed by atoms with Crippen molar-refractivity contribution in [1.82, 2.24) is 9.78 Å². The van der Waals surface area contributed by atoms with Crippen molar-refractivity contribution in [2.24, 2.45) is 0 Å². The number of hydrogen-bond donors (Lipinski definition) is 1. The minimum absolute atomic E-state index is 0.0291. The first-order valence-electron chi connectivity index (χ1n) is 7.27. The van der Waals surface area contributed by atoms with Crippen molar-refractivity contribution in [1.29, 1.82) is 0 Å². The van der Waals surface area contributed by atoms with Crippen LogP contribution in [-0.2, 0) is 6.54 Å². The van der Waals surface area contributed by atoms with Crippen LogP contribution in [0.1, 0.15) is 16.1 Å². The van der Waals surface area contributed by atoms with Gasteiger partial charge in [0.1, 0.15) is 5.75 Å². The summed E-state index contributed by atoms with van der Waals surface area (Å²) < 4.78 is 7.82. The molecule has 0 saturated carbocycles. The largest absolute Gasteiger partial charge is 0.497 e. The number of rotatable bonds is 5. The molecule has 5 nitrogen and oxygen atoms in total. The number of carboxylic acids is 1. The van der Waals surface area contributed by atoms with Crippen molar-refractivity contribution < 1.29 is 14.6 Å². The zero-order valence-electron chi connectivity index (χ0n) is 12.9. The fourth-order valence-electron chi connectivity index (χ4n) is 2.40. The van der Waals surface area contributed by atoms with E-state index in [-0.39, 0.29) is 5.69 Å². The molecule has 0 amide bonds. The van der Waals surface area contributed by atoms with E-state index in [1.807, 2.05) is 48.5 Å². The van der Waals surface area contributed by atoms with Gasteiger partial charge in [-0.2, -0.15) is 5.10 Å². The molecular weight excluding hydrogens is 372 g/mol. The standard InChI is InChI=1S/C18H15BrN2O3/c1-24-15-8-2-12(3-9-15)11-21-17(10-16(20-21)18(22)23)13-4-6-14(19)7-5-13/h2-10H,11H2,1H3,(H,22,23). The van der Waals surface area contributed by atoms with Gasteiger partial charge >= 0.3 is 5.97 Å². The molecule has 0 saturated heterocycles. The lowest BCUT2D eigenvalue weighted by Crippen LogP contribution is -2.06. The van der Waals surface area contributed by atoms with Crippen molar-refractivity contribution in [3.05, 3.63) is 70.3 Å². The van der Waals surface area contributed by atoms with E-state index in [2.05, 4.69) is 21.0 Å². The van der Waals surface area contributed by atoms with Crippen LogP contribution in [0.4, 0.5) is 0 Å². The second-order valence-electron chi connectivity index (χ2n) is 5.23. The monoisotopic (exact) mass is 386 g/mol. The fraction of sp³-hybridized carbons (Fsp3) is 0.111. The highest BCUT2D eigenvalue weighted by molar-refractivity contribution is 9.10. The number of hydrogen-bond acceptors (Lipinski definition) is 3. The summed E-state index contributed by atoms with van der Waals surface area (Å²) in [7, 11) is 1.62. The molecule has 0 radical (unpaired) electrons. The third-order valence-electron chi connectivity index (χ3n) is 3.63. The Balaban J connectivity index is 1.98. The van der Waals surface area contributed by atoms with Crippen molar-refractivity contribution in [3.8, 4) is 17.0 Å². The maximum Gasteiger partial charge on any atom is 0.356 e. The molecule has 1 heterocycles. The average Bonchev–Trinajstić information content (AvgIpc) is 3.00. The molecule has 1 aromatic heterocycles. The number of ether oxygens (including phenoxy) is 1. The van der Waals surface area contributed by atoms with E-state index >= 15 is 0 Å². The van der Waals surface area contributed by atoms with Crippen molar-refractivity contribution in [2.45, 2.75) is 6.54 Å². The normalized spacial score (nSPS) is 10.6. The Kier molecular flexibility index (Phi) is 4.66. The summed E-state index contributed by atoms with van der Waals surface area (Å²) >= 11 is 3.40. The number of methoxy groups -OCH3 is 1. The molecule has 0 fully saturated rings. The smallest absolute Gasteiger partial charge is 0.356 e. The Bertz CT molecular complexity index is 855. The molecule has 0 aliphatic carbocycles. The first-order chi connectivity index (χ1) is 11.6. The van der Waals surface area contributed by atoms with E-state index in [0.717, 1.165) is 27.0 Å². The molecule has 3 aromatic rings. The zero-order valence-corrected chi connectivity index (χ0v) is 14.5. The minimum Gasteiger partial charge on any atom is -0.497 e. The van der Waals surface area contributed by atoms with E-state index in [4.69, 9.17) is 4.74 Å². The molecule has 0 spiro atoms. The Morgan fingerprint density at radius 2 is 1.83 bits per heavy atom. The summed E-state index contributed by atoms with van der Waals surface area (Å²) in [4.78, 5) is 11.3. The third-order valence-corrected chi connectivity index (χ3v) is 4.16. The topological polar surface area (TPSA) is 64.4 Å². The summed E-state index contributed by atoms with van der Waals surface area (Å²) in [5, 5.41) is 13.5. The molecular formula is C18H15BrN2O3. The van der Waals surface area contributed by atoms with Gasteiger partial charge < -0.3 is 9.84 Å². The quantitative estimate of drug-likeness (QED) is 0.717. The lowest BCUT2D eigenvalue weighted by atomic mass is 10.1. The van der Waals surface area contributed by atoms with Crippen LogP contribution in [0.25, 0.3) is 11.3 Å². The van der Waals surface area contributed by atoms with Crippen molar-refractivity contribution >= 4 is 21.9 Å². The van der Waals surface area contributed by atoms with Gasteiger partial charge in [-0.15, -0.1) is 0 Å². The predicted molar refractivity (Wildman–Crippen MR) is 94.4 cm³/mol. The van der Waals surface area contributed by atoms with E-state index in [0.29, 0.717) is 6.54 Å². The number of aromatic carboxylic acids is 1. The Labute approximate surface area is 147 Å². The molecule has 0 unspecified atom stereocenters. The van der Waals surface area contributed by atoms with Crippen LogP contribution >= 0.6 is 15.9 Å². The molecule has 6 heteroatoms. The van der Waals surface area contributed by atoms with Crippen LogP contribution in [0, 0.1) is 0 Å². The van der Waals surface area contributed by atoms with Crippen molar-refractivity contribution in [3.63, 3.8) is 0 Å². The number of benzene rings is 2. The van der Waals surface area contributed by atoms with Crippen molar-refractivity contribution in [2.75, 3.05) is 7.11 Å². The molecule has 122 valence electrons. The lowest BCUT2D eigenvalue weighted by Gasteiger charge is -2.08. The molecule has 0 atom stereocenters. The Morgan fingerprint density at radius 1 is 1.17 bits per heavy atom. The van der Waals surface area contributed by atoms with Gasteiger partial charge in [-0.25, -0.2) is 4.79 Å². The Morgan fingerprint density at radius 3 is 2.42 bits per heavy atom. The minimum atomic E-state index is -1.04. The highest BCUT2D eigenvalue weighted by Gasteiger charge is 2.15. The van der Waals surface area contributed by atoms with Crippen LogP contribution in [0.2, 0.25) is 0 Å². The summed E-state index contributed by atoms with van der Waals surface area (Å²) in [6, 6.07) is 16.9. The van der Waals surface area contributed by atoms with Crippen LogP contribution < -0.4 is 4.74 Å². The summed E-state index contributed by atoms with van der Waals surface area (Å²) in [5.74, 6) is -0.264. The highest BCUT2D eigenvalue weighted by atomic mass is 79.9. The molecule has 3 rings (SSSR count). The average molecular weight is 387 g/mol. The number of carboxylic acid groups (broad SMARTS) is 1. The first kappa shape index (κ1) is 16.3. The molecule has 0 bridgehead atoms. The predicted octanol–water partition coefficient (Wildman–Crippen LogP) is 4.07. The van der Waals surface area contributed by atoms with Gasteiger partial charge in [-0.3, -0.25) is 4.68 Å². The molecule has 24 heavy (non-hydrogen) atoms. The number of carbonyl (C=O) groups is 1. The third kappa shape index (κ3) is 3.49. The van der Waals surface area contributed by atoms with Crippen LogP contribution in [0.5, 0.6) is 5.75 Å². The summed E-state index contributed by atoms with van der Waals surface area (Å²) in [5.41, 5.74) is 2.71. The SMILES string of the molecule is COc1ccc(Cn2nc(C(=O)O)cc2-c2ccc(Br)cc2)cc1. The second-order valence-corrected chi connectivity index (χ2v) is 6.15. The van der Waals surface area contributed by atoms with Gasteiger partial charge in [-0.1, -0.05) is 40.2 Å². The van der Waals surface area contributed by atoms with Crippen LogP contribution in [0.15, 0.2) is 59.1 Å². The maximum atomic E-state index is 11.3. The fourth-order valence-corrected chi connectivity index (χ4v) is 2.66. The van der Waals surface area contributed by atoms with Gasteiger partial charge in [0.2, 0.25) is 0 Å². The number of aromatic nitrogens is 2. The molecule has 1 N–H and O–H groups in total. The number of nitrogens with zero attached hydrogens (tertiary/aromatic N) is 2. The second kappa shape index (κ2) is 6.88. The van der Waals surface area contributed by atoms with Gasteiger partial charge in [-0.05, 0) is 41.5 Å². The van der Waals surface area contributed by atoms with E-state index in [1.54, 1.807) is 17.9 Å². The molecule has 0 aliphatic heterocycles. The van der Waals surface area contributed by atoms with Crippen LogP contribution in [-0.4, -0.2) is 28.0 Å². The number of halogens is 1. The van der Waals surface area contributed by atoms with Gasteiger partial charge in [0.15, 0.2) is 5.69 Å². The summed E-state index contributed by atoms with van der Waals surface area (Å²) in [6.07, 6.45) is 0. The maximum absolute atomic E-state index is 11.3. The molecule has 0 aliphatic rings. The molecule has 2 aromatic carbocycles. The van der Waals surface area contributed by atoms with Gasteiger partial charge in [0.25, 0.3) is 0 Å². The van der Waals surface area contributed by atoms with E-state index < -0.39 is 5.97 Å². The van der Waals surface area contributed by atoms with Crippen LogP contribution in [0.3, 0.4) is 0 Å². The summed E-state index contributed by atoms with van der Waals surface area (Å²) in [6.45, 7) is 0.475.